The lowest BCUT2D eigenvalue weighted by Crippen LogP contribution is -2.43. The van der Waals surface area contributed by atoms with Gasteiger partial charge in [-0.2, -0.15) is 0 Å². The molecule has 0 heterocycles. The summed E-state index contributed by atoms with van der Waals surface area (Å²) >= 11 is 0. The van der Waals surface area contributed by atoms with Gasteiger partial charge >= 0.3 is 11.9 Å². The summed E-state index contributed by atoms with van der Waals surface area (Å²) in [6, 6.07) is 0. The number of hydrogen-bond acceptors (Lipinski definition) is 7. The fraction of sp³-hybridized carbons (Fsp3) is 0.700. The molecular formula is C10H19N3O5. The third-order valence-corrected chi connectivity index (χ3v) is 1.99. The van der Waals surface area contributed by atoms with Crippen molar-refractivity contribution < 1.29 is 23.9 Å². The molecule has 3 N–H and O–H groups in total. The van der Waals surface area contributed by atoms with E-state index in [0.717, 1.165) is 0 Å². The summed E-state index contributed by atoms with van der Waals surface area (Å²) in [6.45, 7) is 0.219. The van der Waals surface area contributed by atoms with E-state index >= 15 is 0 Å². The summed E-state index contributed by atoms with van der Waals surface area (Å²) in [5.41, 5.74) is 5.24. The van der Waals surface area contributed by atoms with Gasteiger partial charge in [0.2, 0.25) is 5.91 Å². The van der Waals surface area contributed by atoms with E-state index in [1.807, 2.05) is 0 Å². The van der Waals surface area contributed by atoms with E-state index in [1.165, 1.54) is 19.1 Å². The Bertz CT molecular complexity index is 277. The number of methoxy groups -OCH3 is 2. The molecule has 0 aromatic heterocycles. The Labute approximate surface area is 105 Å². The monoisotopic (exact) mass is 261 g/mol. The Hall–Kier alpha value is -1.67. The molecule has 0 unspecified atom stereocenters. The Morgan fingerprint density at radius 1 is 1.06 bits per heavy atom. The highest BCUT2D eigenvalue weighted by molar-refractivity contribution is 5.81. The van der Waals surface area contributed by atoms with E-state index in [0.29, 0.717) is 13.1 Å². The predicted molar refractivity (Wildman–Crippen MR) is 62.5 cm³/mol. The number of nitrogens with two attached hydrogens (primary N) is 1. The molecule has 0 rings (SSSR count). The first-order chi connectivity index (χ1) is 8.53. The molecule has 0 spiro atoms. The van der Waals surface area contributed by atoms with Crippen LogP contribution in [0.25, 0.3) is 0 Å². The van der Waals surface area contributed by atoms with Crippen LogP contribution < -0.4 is 11.1 Å². The first-order valence-corrected chi connectivity index (χ1v) is 5.36. The second kappa shape index (κ2) is 9.37. The van der Waals surface area contributed by atoms with Crippen molar-refractivity contribution in [2.45, 2.75) is 0 Å². The highest BCUT2D eigenvalue weighted by atomic mass is 16.5. The molecule has 0 aromatic rings. The largest absolute Gasteiger partial charge is 0.468 e. The number of amides is 1. The molecule has 8 heteroatoms. The van der Waals surface area contributed by atoms with Gasteiger partial charge in [0.15, 0.2) is 0 Å². The zero-order chi connectivity index (χ0) is 14.0. The molecule has 104 valence electrons. The third-order valence-electron chi connectivity index (χ3n) is 1.99. The number of carbonyl (C=O) groups excluding carboxylic acids is 3. The quantitative estimate of drug-likeness (QED) is 0.473. The molecule has 0 aromatic carbocycles. The molecule has 8 nitrogen and oxygen atoms in total. The fourth-order valence-corrected chi connectivity index (χ4v) is 1.13. The van der Waals surface area contributed by atoms with Gasteiger partial charge in [0.05, 0.1) is 33.9 Å². The van der Waals surface area contributed by atoms with Crippen molar-refractivity contribution in [1.82, 2.24) is 10.2 Å². The first kappa shape index (κ1) is 16.3. The van der Waals surface area contributed by atoms with Crippen LogP contribution in [0.15, 0.2) is 0 Å². The molecule has 0 fully saturated rings. The highest BCUT2D eigenvalue weighted by Gasteiger charge is 2.18. The number of hydrogen-bond donors (Lipinski definition) is 2. The topological polar surface area (TPSA) is 111 Å². The minimum atomic E-state index is -0.537. The van der Waals surface area contributed by atoms with Crippen LogP contribution in [0, 0.1) is 0 Å². The molecule has 0 aliphatic heterocycles. The van der Waals surface area contributed by atoms with Gasteiger partial charge in [0.25, 0.3) is 0 Å². The molecule has 0 saturated heterocycles. The maximum atomic E-state index is 11.4. The summed E-state index contributed by atoms with van der Waals surface area (Å²) in [6.07, 6.45) is 0. The minimum absolute atomic E-state index is 0.107. The highest BCUT2D eigenvalue weighted by Crippen LogP contribution is 1.91. The maximum Gasteiger partial charge on any atom is 0.319 e. The summed E-state index contributed by atoms with van der Waals surface area (Å²) in [5.74, 6) is -1.40. The van der Waals surface area contributed by atoms with Gasteiger partial charge in [0, 0.05) is 13.1 Å². The zero-order valence-electron chi connectivity index (χ0n) is 10.6. The standard InChI is InChI=1S/C10H19N3O5/c1-17-9(15)6-13(7-10(16)18-2)5-8(14)12-4-3-11/h3-7,11H2,1-2H3,(H,12,14). The SMILES string of the molecule is COC(=O)CN(CC(=O)NCCN)CC(=O)OC. The second-order valence-corrected chi connectivity index (χ2v) is 3.44. The van der Waals surface area contributed by atoms with Gasteiger partial charge in [-0.1, -0.05) is 0 Å². The Balaban J connectivity index is 4.31. The lowest BCUT2D eigenvalue weighted by molar-refractivity contribution is -0.146. The average molecular weight is 261 g/mol. The van der Waals surface area contributed by atoms with Crippen molar-refractivity contribution >= 4 is 17.8 Å². The smallest absolute Gasteiger partial charge is 0.319 e. The predicted octanol–water partition coefficient (Wildman–Crippen LogP) is -2.29. The molecule has 0 saturated carbocycles. The molecular weight excluding hydrogens is 242 g/mol. The summed E-state index contributed by atoms with van der Waals surface area (Å²) in [7, 11) is 2.46. The molecule has 0 radical (unpaired) electrons. The maximum absolute atomic E-state index is 11.4. The third kappa shape index (κ3) is 7.58. The van der Waals surface area contributed by atoms with Crippen LogP contribution >= 0.6 is 0 Å². The lowest BCUT2D eigenvalue weighted by Gasteiger charge is -2.18. The van der Waals surface area contributed by atoms with E-state index in [1.54, 1.807) is 0 Å². The van der Waals surface area contributed by atoms with Gasteiger partial charge in [-0.3, -0.25) is 19.3 Å². The molecule has 0 atom stereocenters. The summed E-state index contributed by atoms with van der Waals surface area (Å²) in [5, 5.41) is 2.54. The summed E-state index contributed by atoms with van der Waals surface area (Å²) in [4.78, 5) is 35.0. The number of ether oxygens (including phenoxy) is 2. The number of rotatable bonds is 8. The van der Waals surface area contributed by atoms with E-state index < -0.39 is 11.9 Å². The Morgan fingerprint density at radius 2 is 1.56 bits per heavy atom. The van der Waals surface area contributed by atoms with Gasteiger partial charge in [-0.25, -0.2) is 0 Å². The number of carbonyl (C=O) groups is 3. The summed E-state index contributed by atoms with van der Waals surface area (Å²) < 4.78 is 8.95. The molecule has 0 aliphatic rings. The van der Waals surface area contributed by atoms with Crippen LogP contribution in [0.2, 0.25) is 0 Å². The number of nitrogens with one attached hydrogen (secondary N) is 1. The Morgan fingerprint density at radius 3 is 1.94 bits per heavy atom. The van der Waals surface area contributed by atoms with Gasteiger partial charge in [-0.15, -0.1) is 0 Å². The van der Waals surface area contributed by atoms with Gasteiger partial charge < -0.3 is 20.5 Å². The second-order valence-electron chi connectivity index (χ2n) is 3.44. The van der Waals surface area contributed by atoms with E-state index in [9.17, 15) is 14.4 Å². The van der Waals surface area contributed by atoms with E-state index in [2.05, 4.69) is 14.8 Å². The molecule has 0 aliphatic carbocycles. The van der Waals surface area contributed by atoms with Gasteiger partial charge in [-0.05, 0) is 0 Å². The van der Waals surface area contributed by atoms with Crippen molar-refractivity contribution in [2.75, 3.05) is 46.9 Å². The normalized spacial score (nSPS) is 10.0. The molecule has 1 amide bonds. The van der Waals surface area contributed by atoms with Crippen LogP contribution in [-0.4, -0.2) is 69.7 Å². The lowest BCUT2D eigenvalue weighted by atomic mass is 10.4. The Kier molecular flexibility index (Phi) is 8.50. The van der Waals surface area contributed by atoms with Crippen molar-refractivity contribution in [3.8, 4) is 0 Å². The van der Waals surface area contributed by atoms with E-state index in [4.69, 9.17) is 5.73 Å². The molecule has 18 heavy (non-hydrogen) atoms. The molecule has 0 bridgehead atoms. The van der Waals surface area contributed by atoms with Crippen molar-refractivity contribution in [3.05, 3.63) is 0 Å². The number of nitrogens with zero attached hydrogens (tertiary/aromatic N) is 1. The van der Waals surface area contributed by atoms with Crippen LogP contribution in [-0.2, 0) is 23.9 Å². The number of esters is 2. The van der Waals surface area contributed by atoms with Gasteiger partial charge in [0.1, 0.15) is 0 Å². The van der Waals surface area contributed by atoms with Crippen LogP contribution in [0.4, 0.5) is 0 Å². The van der Waals surface area contributed by atoms with Crippen molar-refractivity contribution in [2.24, 2.45) is 5.73 Å². The average Bonchev–Trinajstić information content (AvgIpc) is 2.35. The van der Waals surface area contributed by atoms with Crippen LogP contribution in [0.3, 0.4) is 0 Å². The first-order valence-electron chi connectivity index (χ1n) is 5.36. The van der Waals surface area contributed by atoms with Crippen LogP contribution in [0.1, 0.15) is 0 Å². The minimum Gasteiger partial charge on any atom is -0.468 e. The van der Waals surface area contributed by atoms with E-state index in [-0.39, 0.29) is 25.5 Å². The fourth-order valence-electron chi connectivity index (χ4n) is 1.13. The van der Waals surface area contributed by atoms with Crippen LogP contribution in [0.5, 0.6) is 0 Å². The van der Waals surface area contributed by atoms with Crippen molar-refractivity contribution in [3.63, 3.8) is 0 Å². The zero-order valence-corrected chi connectivity index (χ0v) is 10.6. The van der Waals surface area contributed by atoms with Crippen molar-refractivity contribution in [1.29, 1.82) is 0 Å².